The molecule has 0 aliphatic carbocycles. The van der Waals surface area contributed by atoms with Crippen molar-refractivity contribution in [3.8, 4) is 5.75 Å². The maximum atomic E-state index is 12.6. The molecule has 0 radical (unpaired) electrons. The first kappa shape index (κ1) is 18.1. The van der Waals surface area contributed by atoms with Crippen LogP contribution in [0.5, 0.6) is 5.75 Å². The molecule has 1 aliphatic heterocycles. The van der Waals surface area contributed by atoms with Crippen LogP contribution in [0.2, 0.25) is 0 Å². The summed E-state index contributed by atoms with van der Waals surface area (Å²) in [5.41, 5.74) is 0.0778. The third-order valence-electron chi connectivity index (χ3n) is 3.60. The van der Waals surface area contributed by atoms with Gasteiger partial charge < -0.3 is 14.8 Å². The predicted octanol–water partition coefficient (Wildman–Crippen LogP) is 3.42. The summed E-state index contributed by atoms with van der Waals surface area (Å²) in [5, 5.41) is 2.86. The number of nitrogens with zero attached hydrogens (tertiary/aromatic N) is 1. The highest BCUT2D eigenvalue weighted by Gasteiger charge is 2.36. The van der Waals surface area contributed by atoms with Gasteiger partial charge in [-0.15, -0.1) is 0 Å². The Morgan fingerprint density at radius 2 is 2.08 bits per heavy atom. The molecule has 0 saturated carbocycles. The summed E-state index contributed by atoms with van der Waals surface area (Å²) in [7, 11) is 0. The molecule has 0 spiro atoms. The van der Waals surface area contributed by atoms with Crippen molar-refractivity contribution in [1.82, 2.24) is 4.90 Å². The molecular formula is C18H26N2O4. The standard InChI is InChI=1S/C18H26N2O4/c1-5-23-14-9-6-8-13(12-14)19-16(21)15-10-7-11-20(15)17(22)24-18(2,3)4/h6,8-9,12,15H,5,7,10-11H2,1-4H3,(H,19,21). The fraction of sp³-hybridized carbons (Fsp3) is 0.556. The zero-order valence-corrected chi connectivity index (χ0v) is 14.8. The van der Waals surface area contributed by atoms with E-state index in [1.54, 1.807) is 12.1 Å². The Morgan fingerprint density at radius 1 is 1.33 bits per heavy atom. The highest BCUT2D eigenvalue weighted by molar-refractivity contribution is 5.97. The average Bonchev–Trinajstić information content (AvgIpc) is 2.96. The van der Waals surface area contributed by atoms with Gasteiger partial charge in [-0.1, -0.05) is 6.07 Å². The van der Waals surface area contributed by atoms with Gasteiger partial charge in [-0.2, -0.15) is 0 Å². The number of hydrogen-bond acceptors (Lipinski definition) is 4. The molecule has 24 heavy (non-hydrogen) atoms. The minimum absolute atomic E-state index is 0.202. The first-order valence-corrected chi connectivity index (χ1v) is 8.33. The molecule has 1 aromatic carbocycles. The van der Waals surface area contributed by atoms with Crippen LogP contribution in [0.25, 0.3) is 0 Å². The van der Waals surface area contributed by atoms with E-state index in [4.69, 9.17) is 9.47 Å². The summed E-state index contributed by atoms with van der Waals surface area (Å²) in [4.78, 5) is 26.3. The van der Waals surface area contributed by atoms with E-state index in [0.29, 0.717) is 31.0 Å². The van der Waals surface area contributed by atoms with Gasteiger partial charge in [0, 0.05) is 18.3 Å². The monoisotopic (exact) mass is 334 g/mol. The van der Waals surface area contributed by atoms with Crippen molar-refractivity contribution in [2.75, 3.05) is 18.5 Å². The van der Waals surface area contributed by atoms with Gasteiger partial charge >= 0.3 is 6.09 Å². The summed E-state index contributed by atoms with van der Waals surface area (Å²) in [6.07, 6.45) is 0.982. The number of carbonyl (C=O) groups excluding carboxylic acids is 2. The zero-order chi connectivity index (χ0) is 17.7. The molecule has 2 rings (SSSR count). The zero-order valence-electron chi connectivity index (χ0n) is 14.8. The molecule has 1 heterocycles. The van der Waals surface area contributed by atoms with E-state index in [1.165, 1.54) is 4.90 Å². The number of ether oxygens (including phenoxy) is 2. The van der Waals surface area contributed by atoms with Crippen LogP contribution in [-0.4, -0.2) is 41.7 Å². The van der Waals surface area contributed by atoms with Crippen LogP contribution in [0.15, 0.2) is 24.3 Å². The SMILES string of the molecule is CCOc1cccc(NC(=O)C2CCCN2C(=O)OC(C)(C)C)c1. The molecule has 6 nitrogen and oxygen atoms in total. The van der Waals surface area contributed by atoms with Crippen LogP contribution in [0.4, 0.5) is 10.5 Å². The smallest absolute Gasteiger partial charge is 0.410 e. The second-order valence-electron chi connectivity index (χ2n) is 6.78. The lowest BCUT2D eigenvalue weighted by Crippen LogP contribution is -2.45. The fourth-order valence-corrected chi connectivity index (χ4v) is 2.63. The van der Waals surface area contributed by atoms with Crippen LogP contribution < -0.4 is 10.1 Å². The average molecular weight is 334 g/mol. The summed E-state index contributed by atoms with van der Waals surface area (Å²) in [6.45, 7) is 8.45. The number of benzene rings is 1. The molecule has 1 aromatic rings. The van der Waals surface area contributed by atoms with Crippen molar-refractivity contribution in [3.63, 3.8) is 0 Å². The molecule has 1 fully saturated rings. The van der Waals surface area contributed by atoms with Crippen LogP contribution in [-0.2, 0) is 9.53 Å². The quantitative estimate of drug-likeness (QED) is 0.916. The Balaban J connectivity index is 2.03. The molecule has 2 amide bonds. The van der Waals surface area contributed by atoms with Crippen molar-refractivity contribution >= 4 is 17.7 Å². The van der Waals surface area contributed by atoms with Crippen LogP contribution in [0, 0.1) is 0 Å². The number of nitrogens with one attached hydrogen (secondary N) is 1. The van der Waals surface area contributed by atoms with Gasteiger partial charge in [0.2, 0.25) is 5.91 Å². The highest BCUT2D eigenvalue weighted by atomic mass is 16.6. The normalized spacial score (nSPS) is 17.5. The largest absolute Gasteiger partial charge is 0.494 e. The van der Waals surface area contributed by atoms with Gasteiger partial charge in [0.25, 0.3) is 0 Å². The van der Waals surface area contributed by atoms with Crippen LogP contribution in [0.3, 0.4) is 0 Å². The van der Waals surface area contributed by atoms with E-state index in [9.17, 15) is 9.59 Å². The van der Waals surface area contributed by atoms with E-state index in [-0.39, 0.29) is 5.91 Å². The Bertz CT molecular complexity index is 595. The lowest BCUT2D eigenvalue weighted by molar-refractivity contribution is -0.120. The van der Waals surface area contributed by atoms with Gasteiger partial charge in [0.15, 0.2) is 0 Å². The summed E-state index contributed by atoms with van der Waals surface area (Å²) in [5.74, 6) is 0.498. The molecule has 1 saturated heterocycles. The summed E-state index contributed by atoms with van der Waals surface area (Å²) in [6, 6.07) is 6.72. The Kier molecular flexibility index (Phi) is 5.70. The molecule has 0 aromatic heterocycles. The molecule has 1 aliphatic rings. The van der Waals surface area contributed by atoms with Gasteiger partial charge in [0.05, 0.1) is 6.61 Å². The Morgan fingerprint density at radius 3 is 2.75 bits per heavy atom. The highest BCUT2D eigenvalue weighted by Crippen LogP contribution is 2.23. The third-order valence-corrected chi connectivity index (χ3v) is 3.60. The first-order valence-electron chi connectivity index (χ1n) is 8.33. The van der Waals surface area contributed by atoms with Gasteiger partial charge in [-0.3, -0.25) is 9.69 Å². The first-order chi connectivity index (χ1) is 11.3. The number of rotatable bonds is 4. The number of hydrogen-bond donors (Lipinski definition) is 1. The van der Waals surface area contributed by atoms with Gasteiger partial charge in [-0.25, -0.2) is 4.79 Å². The minimum Gasteiger partial charge on any atom is -0.494 e. The minimum atomic E-state index is -0.577. The van der Waals surface area contributed by atoms with Crippen molar-refractivity contribution < 1.29 is 19.1 Å². The Hall–Kier alpha value is -2.24. The van der Waals surface area contributed by atoms with Gasteiger partial charge in [-0.05, 0) is 52.7 Å². The second kappa shape index (κ2) is 7.55. The van der Waals surface area contributed by atoms with Crippen molar-refractivity contribution in [3.05, 3.63) is 24.3 Å². The van der Waals surface area contributed by atoms with Gasteiger partial charge in [0.1, 0.15) is 17.4 Å². The Labute approximate surface area is 143 Å². The predicted molar refractivity (Wildman–Crippen MR) is 92.2 cm³/mol. The van der Waals surface area contributed by atoms with E-state index >= 15 is 0 Å². The molecule has 1 unspecified atom stereocenters. The van der Waals surface area contributed by atoms with E-state index < -0.39 is 17.7 Å². The van der Waals surface area contributed by atoms with Crippen molar-refractivity contribution in [1.29, 1.82) is 0 Å². The number of likely N-dealkylation sites (tertiary alicyclic amines) is 1. The van der Waals surface area contributed by atoms with E-state index in [0.717, 1.165) is 6.42 Å². The number of anilines is 1. The molecule has 1 N–H and O–H groups in total. The van der Waals surface area contributed by atoms with Crippen molar-refractivity contribution in [2.45, 2.75) is 52.2 Å². The maximum absolute atomic E-state index is 12.6. The molecule has 1 atom stereocenters. The van der Waals surface area contributed by atoms with Crippen molar-refractivity contribution in [2.24, 2.45) is 0 Å². The topological polar surface area (TPSA) is 67.9 Å². The molecule has 0 bridgehead atoms. The third kappa shape index (κ3) is 4.88. The summed E-state index contributed by atoms with van der Waals surface area (Å²) < 4.78 is 10.8. The lowest BCUT2D eigenvalue weighted by Gasteiger charge is -2.28. The lowest BCUT2D eigenvalue weighted by atomic mass is 10.2. The van der Waals surface area contributed by atoms with Crippen LogP contribution >= 0.6 is 0 Å². The van der Waals surface area contributed by atoms with E-state index in [1.807, 2.05) is 39.8 Å². The maximum Gasteiger partial charge on any atom is 0.410 e. The molecule has 6 heteroatoms. The number of carbonyl (C=O) groups is 2. The van der Waals surface area contributed by atoms with Crippen LogP contribution in [0.1, 0.15) is 40.5 Å². The molecular weight excluding hydrogens is 308 g/mol. The molecule has 132 valence electrons. The van der Waals surface area contributed by atoms with E-state index in [2.05, 4.69) is 5.32 Å². The summed E-state index contributed by atoms with van der Waals surface area (Å²) >= 11 is 0. The second-order valence-corrected chi connectivity index (χ2v) is 6.78. The fourth-order valence-electron chi connectivity index (χ4n) is 2.63. The number of amides is 2.